The molecule has 4 heteroatoms. The summed E-state index contributed by atoms with van der Waals surface area (Å²) in [5.41, 5.74) is 0.707. The van der Waals surface area contributed by atoms with Crippen LogP contribution in [0.15, 0.2) is 12.3 Å². The molecule has 4 nitrogen and oxygen atoms in total. The van der Waals surface area contributed by atoms with Crippen LogP contribution in [0, 0.1) is 5.41 Å². The third kappa shape index (κ3) is 3.20. The molecule has 78 valence electrons. The summed E-state index contributed by atoms with van der Waals surface area (Å²) in [6.45, 7) is 3.88. The van der Waals surface area contributed by atoms with Crippen LogP contribution in [-0.2, 0) is 18.3 Å². The summed E-state index contributed by atoms with van der Waals surface area (Å²) in [5.74, 6) is -0.758. The van der Waals surface area contributed by atoms with Crippen molar-refractivity contribution in [3.05, 3.63) is 18.0 Å². The predicted octanol–water partition coefficient (Wildman–Crippen LogP) is 1.46. The molecule has 0 aromatic carbocycles. The average molecular weight is 196 g/mol. The second kappa shape index (κ2) is 3.82. The van der Waals surface area contributed by atoms with Gasteiger partial charge in [-0.05, 0) is 17.9 Å². The van der Waals surface area contributed by atoms with Gasteiger partial charge < -0.3 is 5.11 Å². The van der Waals surface area contributed by atoms with Crippen LogP contribution in [0.4, 0.5) is 0 Å². The Morgan fingerprint density at radius 1 is 1.64 bits per heavy atom. The fourth-order valence-electron chi connectivity index (χ4n) is 1.52. The first kappa shape index (κ1) is 10.8. The normalized spacial score (nSPS) is 11.6. The number of aliphatic carboxylic acids is 1. The molecule has 14 heavy (non-hydrogen) atoms. The highest BCUT2D eigenvalue weighted by Gasteiger charge is 2.23. The van der Waals surface area contributed by atoms with Gasteiger partial charge in [0.05, 0.1) is 12.1 Å². The highest BCUT2D eigenvalue weighted by Crippen LogP contribution is 2.24. The van der Waals surface area contributed by atoms with E-state index in [2.05, 4.69) is 5.10 Å². The number of carboxylic acids is 1. The molecule has 0 amide bonds. The van der Waals surface area contributed by atoms with E-state index in [9.17, 15) is 4.79 Å². The van der Waals surface area contributed by atoms with Gasteiger partial charge in [-0.15, -0.1) is 0 Å². The summed E-state index contributed by atoms with van der Waals surface area (Å²) in [6, 6.07) is 1.92. The number of carbonyl (C=O) groups is 1. The molecule has 0 aliphatic carbocycles. The number of rotatable bonds is 4. The quantitative estimate of drug-likeness (QED) is 0.793. The highest BCUT2D eigenvalue weighted by atomic mass is 16.4. The third-order valence-corrected chi connectivity index (χ3v) is 2.06. The fourth-order valence-corrected chi connectivity index (χ4v) is 1.52. The van der Waals surface area contributed by atoms with E-state index in [4.69, 9.17) is 5.11 Å². The molecule has 1 aromatic heterocycles. The maximum Gasteiger partial charge on any atom is 0.303 e. The van der Waals surface area contributed by atoms with E-state index in [0.717, 1.165) is 5.69 Å². The Bertz CT molecular complexity index is 329. The van der Waals surface area contributed by atoms with Crippen molar-refractivity contribution in [3.63, 3.8) is 0 Å². The van der Waals surface area contributed by atoms with Gasteiger partial charge in [-0.1, -0.05) is 13.8 Å². The molecule has 0 radical (unpaired) electrons. The number of nitrogens with zero attached hydrogens (tertiary/aromatic N) is 2. The van der Waals surface area contributed by atoms with Crippen molar-refractivity contribution in [2.24, 2.45) is 12.5 Å². The van der Waals surface area contributed by atoms with Crippen molar-refractivity contribution < 1.29 is 9.90 Å². The van der Waals surface area contributed by atoms with E-state index in [0.29, 0.717) is 6.42 Å². The van der Waals surface area contributed by atoms with Gasteiger partial charge in [0, 0.05) is 13.2 Å². The average Bonchev–Trinajstić information content (AvgIpc) is 2.30. The molecule has 0 saturated carbocycles. The number of aromatic nitrogens is 2. The van der Waals surface area contributed by atoms with Crippen LogP contribution < -0.4 is 0 Å². The molecule has 1 heterocycles. The van der Waals surface area contributed by atoms with Crippen molar-refractivity contribution in [1.29, 1.82) is 0 Å². The molecule has 0 saturated heterocycles. The number of carboxylic acid groups (broad SMARTS) is 1. The summed E-state index contributed by atoms with van der Waals surface area (Å²) >= 11 is 0. The molecular formula is C10H16N2O2. The maximum atomic E-state index is 10.6. The topological polar surface area (TPSA) is 55.1 Å². The van der Waals surface area contributed by atoms with Crippen molar-refractivity contribution >= 4 is 5.97 Å². The van der Waals surface area contributed by atoms with Gasteiger partial charge in [-0.2, -0.15) is 5.10 Å². The second-order valence-electron chi connectivity index (χ2n) is 4.39. The summed E-state index contributed by atoms with van der Waals surface area (Å²) < 4.78 is 1.73. The Labute approximate surface area is 83.5 Å². The molecule has 0 aliphatic rings. The zero-order valence-corrected chi connectivity index (χ0v) is 8.82. The zero-order valence-electron chi connectivity index (χ0n) is 8.82. The van der Waals surface area contributed by atoms with Crippen molar-refractivity contribution in [1.82, 2.24) is 9.78 Å². The number of hydrogen-bond donors (Lipinski definition) is 1. The van der Waals surface area contributed by atoms with E-state index in [1.807, 2.05) is 33.2 Å². The van der Waals surface area contributed by atoms with E-state index >= 15 is 0 Å². The van der Waals surface area contributed by atoms with Gasteiger partial charge >= 0.3 is 5.97 Å². The second-order valence-corrected chi connectivity index (χ2v) is 4.39. The minimum Gasteiger partial charge on any atom is -0.481 e. The van der Waals surface area contributed by atoms with Crippen LogP contribution in [-0.4, -0.2) is 20.9 Å². The molecule has 0 aliphatic heterocycles. The van der Waals surface area contributed by atoms with Crippen LogP contribution >= 0.6 is 0 Å². The number of aryl methyl sites for hydroxylation is 1. The lowest BCUT2D eigenvalue weighted by atomic mass is 9.84. The molecule has 0 bridgehead atoms. The first-order valence-corrected chi connectivity index (χ1v) is 4.59. The lowest BCUT2D eigenvalue weighted by Crippen LogP contribution is -2.20. The smallest absolute Gasteiger partial charge is 0.303 e. The maximum absolute atomic E-state index is 10.6. The standard InChI is InChI=1S/C10H16N2O2/c1-10(2,7-9(13)14)6-8-4-5-12(3)11-8/h4-5H,6-7H2,1-3H3,(H,13,14). The Balaban J connectivity index is 2.63. The predicted molar refractivity (Wildman–Crippen MR) is 52.9 cm³/mol. The summed E-state index contributed by atoms with van der Waals surface area (Å²) in [7, 11) is 1.85. The van der Waals surface area contributed by atoms with E-state index < -0.39 is 5.97 Å². The zero-order chi connectivity index (χ0) is 10.8. The van der Waals surface area contributed by atoms with Gasteiger partial charge in [0.25, 0.3) is 0 Å². The number of hydrogen-bond acceptors (Lipinski definition) is 2. The lowest BCUT2D eigenvalue weighted by Gasteiger charge is -2.20. The van der Waals surface area contributed by atoms with Crippen molar-refractivity contribution in [2.45, 2.75) is 26.7 Å². The molecule has 0 fully saturated rings. The molecule has 0 atom stereocenters. The van der Waals surface area contributed by atoms with Crippen molar-refractivity contribution in [2.75, 3.05) is 0 Å². The fraction of sp³-hybridized carbons (Fsp3) is 0.600. The van der Waals surface area contributed by atoms with Gasteiger partial charge in [-0.25, -0.2) is 0 Å². The Morgan fingerprint density at radius 3 is 2.71 bits per heavy atom. The Morgan fingerprint density at radius 2 is 2.29 bits per heavy atom. The van der Waals surface area contributed by atoms with Crippen LogP contribution in [0.25, 0.3) is 0 Å². The van der Waals surface area contributed by atoms with Gasteiger partial charge in [0.15, 0.2) is 0 Å². The largest absolute Gasteiger partial charge is 0.481 e. The molecule has 1 rings (SSSR count). The van der Waals surface area contributed by atoms with Gasteiger partial charge in [-0.3, -0.25) is 9.48 Å². The van der Waals surface area contributed by atoms with E-state index in [1.165, 1.54) is 0 Å². The minimum atomic E-state index is -0.758. The monoisotopic (exact) mass is 196 g/mol. The van der Waals surface area contributed by atoms with Crippen molar-refractivity contribution in [3.8, 4) is 0 Å². The molecule has 0 spiro atoms. The summed E-state index contributed by atoms with van der Waals surface area (Å²) in [6.07, 6.45) is 2.73. The highest BCUT2D eigenvalue weighted by molar-refractivity contribution is 5.67. The lowest BCUT2D eigenvalue weighted by molar-refractivity contribution is -0.139. The van der Waals surface area contributed by atoms with Gasteiger partial charge in [0.2, 0.25) is 0 Å². The minimum absolute atomic E-state index is 0.170. The van der Waals surface area contributed by atoms with Crippen LogP contribution in [0.2, 0.25) is 0 Å². The summed E-state index contributed by atoms with van der Waals surface area (Å²) in [4.78, 5) is 10.6. The third-order valence-electron chi connectivity index (χ3n) is 2.06. The SMILES string of the molecule is Cn1ccc(CC(C)(C)CC(=O)O)n1. The van der Waals surface area contributed by atoms with Gasteiger partial charge in [0.1, 0.15) is 0 Å². The van der Waals surface area contributed by atoms with Crippen LogP contribution in [0.5, 0.6) is 0 Å². The Hall–Kier alpha value is -1.32. The summed E-state index contributed by atoms with van der Waals surface area (Å²) in [5, 5.41) is 12.9. The molecule has 1 N–H and O–H groups in total. The Kier molecular flexibility index (Phi) is 2.93. The van der Waals surface area contributed by atoms with E-state index in [1.54, 1.807) is 4.68 Å². The van der Waals surface area contributed by atoms with Crippen LogP contribution in [0.1, 0.15) is 26.0 Å². The first-order valence-electron chi connectivity index (χ1n) is 4.59. The van der Waals surface area contributed by atoms with Crippen LogP contribution in [0.3, 0.4) is 0 Å². The molecule has 1 aromatic rings. The molecular weight excluding hydrogens is 180 g/mol. The first-order chi connectivity index (χ1) is 6.39. The van der Waals surface area contributed by atoms with E-state index in [-0.39, 0.29) is 11.8 Å². The molecule has 0 unspecified atom stereocenters.